The Balaban J connectivity index is 2.35. The third-order valence-electron chi connectivity index (χ3n) is 2.93. The highest BCUT2D eigenvalue weighted by molar-refractivity contribution is 5.85. The molecule has 1 heterocycles. The molecular weight excluding hydrogens is 232 g/mol. The summed E-state index contributed by atoms with van der Waals surface area (Å²) in [4.78, 5) is 14.4. The van der Waals surface area contributed by atoms with Gasteiger partial charge >= 0.3 is 5.97 Å². The molecule has 1 aromatic heterocycles. The van der Waals surface area contributed by atoms with Crippen LogP contribution in [0.1, 0.15) is 18.0 Å². The Hall–Kier alpha value is -2.01. The lowest BCUT2D eigenvalue weighted by molar-refractivity contribution is -0.141. The number of nitrogens with two attached hydrogens (primary N) is 1. The monoisotopic (exact) mass is 248 g/mol. The standard InChI is InChI=1S/C13H16N2O3/c1-17-8-3-4-12-9(5-8)10(7-15-12)11(14)6-13(16)18-2/h3-5,7,11,15H,6,14H2,1-2H3/t11-/m1/s1. The molecule has 0 unspecified atom stereocenters. The molecule has 1 atom stereocenters. The number of aromatic nitrogens is 1. The minimum atomic E-state index is -0.390. The number of fused-ring (bicyclic) bond motifs is 1. The molecular formula is C13H16N2O3. The molecule has 5 nitrogen and oxygen atoms in total. The zero-order chi connectivity index (χ0) is 13.1. The summed E-state index contributed by atoms with van der Waals surface area (Å²) in [5.74, 6) is 0.438. The van der Waals surface area contributed by atoms with Crippen LogP contribution in [0.4, 0.5) is 0 Å². The topological polar surface area (TPSA) is 77.3 Å². The maximum Gasteiger partial charge on any atom is 0.307 e. The number of methoxy groups -OCH3 is 2. The first-order chi connectivity index (χ1) is 8.65. The van der Waals surface area contributed by atoms with E-state index in [9.17, 15) is 4.79 Å². The predicted molar refractivity (Wildman–Crippen MR) is 68.4 cm³/mol. The normalized spacial score (nSPS) is 12.4. The van der Waals surface area contributed by atoms with Crippen molar-refractivity contribution in [1.82, 2.24) is 4.98 Å². The van der Waals surface area contributed by atoms with Gasteiger partial charge in [-0.2, -0.15) is 0 Å². The third kappa shape index (κ3) is 2.31. The highest BCUT2D eigenvalue weighted by Gasteiger charge is 2.16. The molecule has 0 amide bonds. The fourth-order valence-corrected chi connectivity index (χ4v) is 1.93. The van der Waals surface area contributed by atoms with Gasteiger partial charge in [0, 0.05) is 23.1 Å². The van der Waals surface area contributed by atoms with Crippen LogP contribution in [-0.2, 0) is 9.53 Å². The molecule has 0 aliphatic carbocycles. The van der Waals surface area contributed by atoms with E-state index in [4.69, 9.17) is 10.5 Å². The van der Waals surface area contributed by atoms with Crippen LogP contribution in [0.25, 0.3) is 10.9 Å². The van der Waals surface area contributed by atoms with Gasteiger partial charge in [0.05, 0.1) is 20.6 Å². The number of rotatable bonds is 4. The second-order valence-corrected chi connectivity index (χ2v) is 4.04. The van der Waals surface area contributed by atoms with Crippen molar-refractivity contribution in [1.29, 1.82) is 0 Å². The molecule has 5 heteroatoms. The molecule has 0 saturated carbocycles. The van der Waals surface area contributed by atoms with Gasteiger partial charge in [-0.05, 0) is 23.8 Å². The van der Waals surface area contributed by atoms with Crippen molar-refractivity contribution >= 4 is 16.9 Å². The lowest BCUT2D eigenvalue weighted by Crippen LogP contribution is -2.15. The first-order valence-corrected chi connectivity index (χ1v) is 5.63. The van der Waals surface area contributed by atoms with Crippen molar-refractivity contribution in [2.45, 2.75) is 12.5 Å². The number of H-pyrrole nitrogens is 1. The molecule has 3 N–H and O–H groups in total. The lowest BCUT2D eigenvalue weighted by Gasteiger charge is -2.09. The van der Waals surface area contributed by atoms with Crippen LogP contribution < -0.4 is 10.5 Å². The maximum atomic E-state index is 11.2. The maximum absolute atomic E-state index is 11.2. The summed E-state index contributed by atoms with van der Waals surface area (Å²) in [6.45, 7) is 0. The minimum Gasteiger partial charge on any atom is -0.497 e. The van der Waals surface area contributed by atoms with E-state index in [1.807, 2.05) is 24.4 Å². The summed E-state index contributed by atoms with van der Waals surface area (Å²) < 4.78 is 9.80. The van der Waals surface area contributed by atoms with E-state index in [1.165, 1.54) is 7.11 Å². The lowest BCUT2D eigenvalue weighted by atomic mass is 10.0. The van der Waals surface area contributed by atoms with Gasteiger partial charge in [-0.3, -0.25) is 4.79 Å². The second kappa shape index (κ2) is 5.10. The molecule has 18 heavy (non-hydrogen) atoms. The summed E-state index contributed by atoms with van der Waals surface area (Å²) in [5, 5.41) is 0.964. The predicted octanol–water partition coefficient (Wildman–Crippen LogP) is 1.74. The van der Waals surface area contributed by atoms with Crippen LogP contribution in [0.5, 0.6) is 5.75 Å². The molecule has 0 bridgehead atoms. The van der Waals surface area contributed by atoms with Crippen LogP contribution in [0, 0.1) is 0 Å². The number of ether oxygens (including phenoxy) is 2. The molecule has 0 radical (unpaired) electrons. The van der Waals surface area contributed by atoms with Gasteiger partial charge in [-0.1, -0.05) is 0 Å². The highest BCUT2D eigenvalue weighted by atomic mass is 16.5. The molecule has 0 fully saturated rings. The summed E-state index contributed by atoms with van der Waals surface area (Å²) in [7, 11) is 2.97. The Morgan fingerprint density at radius 2 is 2.22 bits per heavy atom. The van der Waals surface area contributed by atoms with E-state index in [1.54, 1.807) is 7.11 Å². The fraction of sp³-hybridized carbons (Fsp3) is 0.308. The number of hydrogen-bond acceptors (Lipinski definition) is 4. The Morgan fingerprint density at radius 3 is 2.89 bits per heavy atom. The zero-order valence-electron chi connectivity index (χ0n) is 10.4. The quantitative estimate of drug-likeness (QED) is 0.808. The van der Waals surface area contributed by atoms with Gasteiger partial charge in [0.2, 0.25) is 0 Å². The van der Waals surface area contributed by atoms with Crippen LogP contribution >= 0.6 is 0 Å². The summed E-state index contributed by atoms with van der Waals surface area (Å²) >= 11 is 0. The van der Waals surface area contributed by atoms with Gasteiger partial charge in [0.25, 0.3) is 0 Å². The average Bonchev–Trinajstić information content (AvgIpc) is 2.81. The number of esters is 1. The molecule has 2 rings (SSSR count). The van der Waals surface area contributed by atoms with Gasteiger partial charge in [0.1, 0.15) is 5.75 Å². The average molecular weight is 248 g/mol. The number of carbonyl (C=O) groups is 1. The van der Waals surface area contributed by atoms with E-state index in [0.717, 1.165) is 22.2 Å². The van der Waals surface area contributed by atoms with Crippen molar-refractivity contribution in [3.63, 3.8) is 0 Å². The van der Waals surface area contributed by atoms with Gasteiger partial charge in [0.15, 0.2) is 0 Å². The third-order valence-corrected chi connectivity index (χ3v) is 2.93. The molecule has 0 saturated heterocycles. The Kier molecular flexibility index (Phi) is 3.53. The van der Waals surface area contributed by atoms with Crippen LogP contribution in [0.15, 0.2) is 24.4 Å². The molecule has 0 aliphatic heterocycles. The Bertz CT molecular complexity index is 562. The minimum absolute atomic E-state index is 0.153. The molecule has 0 aliphatic rings. The van der Waals surface area contributed by atoms with Crippen molar-refractivity contribution in [2.24, 2.45) is 5.73 Å². The summed E-state index contributed by atoms with van der Waals surface area (Å²) in [6, 6.07) is 5.30. The van der Waals surface area contributed by atoms with Gasteiger partial charge in [-0.25, -0.2) is 0 Å². The summed E-state index contributed by atoms with van der Waals surface area (Å²) in [6.07, 6.45) is 1.97. The number of aromatic amines is 1. The van der Waals surface area contributed by atoms with Crippen LogP contribution in [0.2, 0.25) is 0 Å². The van der Waals surface area contributed by atoms with Crippen LogP contribution in [-0.4, -0.2) is 25.2 Å². The molecule has 0 spiro atoms. The SMILES string of the molecule is COC(=O)C[C@@H](N)c1c[nH]c2ccc(OC)cc12. The van der Waals surface area contributed by atoms with E-state index < -0.39 is 6.04 Å². The zero-order valence-corrected chi connectivity index (χ0v) is 10.4. The number of hydrogen-bond donors (Lipinski definition) is 2. The molecule has 96 valence electrons. The Morgan fingerprint density at radius 1 is 1.44 bits per heavy atom. The van der Waals surface area contributed by atoms with Crippen molar-refractivity contribution < 1.29 is 14.3 Å². The smallest absolute Gasteiger partial charge is 0.307 e. The van der Waals surface area contributed by atoms with E-state index in [-0.39, 0.29) is 12.4 Å². The van der Waals surface area contributed by atoms with Gasteiger partial charge < -0.3 is 20.2 Å². The van der Waals surface area contributed by atoms with Crippen molar-refractivity contribution in [3.8, 4) is 5.75 Å². The molecule has 1 aromatic carbocycles. The summed E-state index contributed by atoms with van der Waals surface area (Å²) in [5.41, 5.74) is 7.86. The Labute approximate surface area is 105 Å². The van der Waals surface area contributed by atoms with Gasteiger partial charge in [-0.15, -0.1) is 0 Å². The highest BCUT2D eigenvalue weighted by Crippen LogP contribution is 2.28. The second-order valence-electron chi connectivity index (χ2n) is 4.04. The van der Waals surface area contributed by atoms with Crippen LogP contribution in [0.3, 0.4) is 0 Å². The fourth-order valence-electron chi connectivity index (χ4n) is 1.93. The number of carbonyl (C=O) groups excluding carboxylic acids is 1. The van der Waals surface area contributed by atoms with E-state index in [2.05, 4.69) is 9.72 Å². The first-order valence-electron chi connectivity index (χ1n) is 5.63. The number of benzene rings is 1. The van der Waals surface area contributed by atoms with E-state index in [0.29, 0.717) is 0 Å². The molecule has 2 aromatic rings. The van der Waals surface area contributed by atoms with Crippen molar-refractivity contribution in [3.05, 3.63) is 30.0 Å². The largest absolute Gasteiger partial charge is 0.497 e. The first kappa shape index (κ1) is 12.4. The van der Waals surface area contributed by atoms with E-state index >= 15 is 0 Å². The number of nitrogens with one attached hydrogen (secondary N) is 1. The van der Waals surface area contributed by atoms with Crippen molar-refractivity contribution in [2.75, 3.05) is 14.2 Å².